The van der Waals surface area contributed by atoms with Gasteiger partial charge in [-0.15, -0.1) is 0 Å². The van der Waals surface area contributed by atoms with Crippen molar-refractivity contribution in [2.45, 2.75) is 58.0 Å². The van der Waals surface area contributed by atoms with Crippen molar-refractivity contribution in [3.63, 3.8) is 0 Å². The molecular formula is C20H29F3N4O4. The predicted octanol–water partition coefficient (Wildman–Crippen LogP) is 3.42. The highest BCUT2D eigenvalue weighted by Crippen LogP contribution is 2.34. The summed E-state index contributed by atoms with van der Waals surface area (Å²) in [6.07, 6.45) is -4.46. The lowest BCUT2D eigenvalue weighted by molar-refractivity contribution is -0.384. The quantitative estimate of drug-likeness (QED) is 0.469. The lowest BCUT2D eigenvalue weighted by Gasteiger charge is -2.45. The second kappa shape index (κ2) is 9.82. The van der Waals surface area contributed by atoms with Crippen molar-refractivity contribution in [3.8, 4) is 0 Å². The van der Waals surface area contributed by atoms with Crippen LogP contribution in [0.1, 0.15) is 39.7 Å². The summed E-state index contributed by atoms with van der Waals surface area (Å²) in [6, 6.07) is 2.25. The van der Waals surface area contributed by atoms with Crippen molar-refractivity contribution in [2.75, 3.05) is 31.5 Å². The van der Waals surface area contributed by atoms with Gasteiger partial charge in [-0.3, -0.25) is 19.8 Å². The molecule has 1 fully saturated rings. The van der Waals surface area contributed by atoms with E-state index >= 15 is 0 Å². The number of nitrogens with zero attached hydrogens (tertiary/aromatic N) is 2. The Kier molecular flexibility index (Phi) is 7.87. The van der Waals surface area contributed by atoms with Crippen molar-refractivity contribution >= 4 is 17.3 Å². The molecule has 1 aliphatic rings. The van der Waals surface area contributed by atoms with Crippen LogP contribution in [0.4, 0.5) is 24.5 Å². The first-order valence-electron chi connectivity index (χ1n) is 10.1. The molecule has 0 bridgehead atoms. The Labute approximate surface area is 179 Å². The van der Waals surface area contributed by atoms with E-state index in [0.717, 1.165) is 25.2 Å². The topological polar surface area (TPSA) is 96.7 Å². The monoisotopic (exact) mass is 446 g/mol. The highest BCUT2D eigenvalue weighted by molar-refractivity contribution is 5.76. The van der Waals surface area contributed by atoms with Crippen molar-refractivity contribution in [1.29, 1.82) is 0 Å². The SMILES string of the molecule is C[C@@H]1CN(C(C)(C)CNC(=O)CCNc2ccc(C(F)(F)F)cc2[N+](=O)[O-])C[C@@H](C)O1. The van der Waals surface area contributed by atoms with E-state index in [2.05, 4.69) is 15.5 Å². The Hall–Kier alpha value is -2.40. The van der Waals surface area contributed by atoms with E-state index in [1.165, 1.54) is 0 Å². The van der Waals surface area contributed by atoms with Crippen LogP contribution in [0.15, 0.2) is 18.2 Å². The summed E-state index contributed by atoms with van der Waals surface area (Å²) >= 11 is 0. The molecule has 1 aromatic rings. The fourth-order valence-electron chi connectivity index (χ4n) is 3.51. The molecule has 2 atom stereocenters. The van der Waals surface area contributed by atoms with Crippen LogP contribution in [0.25, 0.3) is 0 Å². The van der Waals surface area contributed by atoms with Crippen LogP contribution in [0.5, 0.6) is 0 Å². The number of nitrogens with one attached hydrogen (secondary N) is 2. The third-order valence-corrected chi connectivity index (χ3v) is 5.18. The summed E-state index contributed by atoms with van der Waals surface area (Å²) in [7, 11) is 0. The maximum absolute atomic E-state index is 12.8. The molecule has 1 amide bonds. The molecular weight excluding hydrogens is 417 g/mol. The number of carbonyl (C=O) groups excluding carboxylic acids is 1. The molecule has 1 aliphatic heterocycles. The minimum Gasteiger partial charge on any atom is -0.379 e. The van der Waals surface area contributed by atoms with Crippen LogP contribution in [-0.2, 0) is 15.7 Å². The average Bonchev–Trinajstić information content (AvgIpc) is 2.65. The van der Waals surface area contributed by atoms with E-state index < -0.39 is 22.4 Å². The maximum Gasteiger partial charge on any atom is 0.416 e. The van der Waals surface area contributed by atoms with Gasteiger partial charge in [0.2, 0.25) is 5.91 Å². The van der Waals surface area contributed by atoms with Crippen molar-refractivity contribution in [2.24, 2.45) is 0 Å². The van der Waals surface area contributed by atoms with Crippen LogP contribution < -0.4 is 10.6 Å². The summed E-state index contributed by atoms with van der Waals surface area (Å²) in [5.74, 6) is -0.260. The second-order valence-electron chi connectivity index (χ2n) is 8.42. The van der Waals surface area contributed by atoms with E-state index in [1.807, 2.05) is 27.7 Å². The lowest BCUT2D eigenvalue weighted by Crippen LogP contribution is -2.58. The van der Waals surface area contributed by atoms with Crippen LogP contribution in [0, 0.1) is 10.1 Å². The first-order chi connectivity index (χ1) is 14.3. The largest absolute Gasteiger partial charge is 0.416 e. The number of halogens is 3. The van der Waals surface area contributed by atoms with Gasteiger partial charge in [-0.05, 0) is 39.8 Å². The first-order valence-corrected chi connectivity index (χ1v) is 10.1. The molecule has 11 heteroatoms. The number of benzene rings is 1. The Morgan fingerprint density at radius 1 is 1.26 bits per heavy atom. The molecule has 8 nitrogen and oxygen atoms in total. The Bertz CT molecular complexity index is 791. The molecule has 0 spiro atoms. The summed E-state index contributed by atoms with van der Waals surface area (Å²) in [5, 5.41) is 16.7. The molecule has 0 radical (unpaired) electrons. The van der Waals surface area contributed by atoms with Gasteiger partial charge in [0.25, 0.3) is 5.69 Å². The van der Waals surface area contributed by atoms with Crippen molar-refractivity contribution in [3.05, 3.63) is 33.9 Å². The number of hydrogen-bond donors (Lipinski definition) is 2. The predicted molar refractivity (Wildman–Crippen MR) is 110 cm³/mol. The molecule has 0 aliphatic carbocycles. The third kappa shape index (κ3) is 7.06. The lowest BCUT2D eigenvalue weighted by atomic mass is 10.00. The van der Waals surface area contributed by atoms with E-state index in [0.29, 0.717) is 12.6 Å². The summed E-state index contributed by atoms with van der Waals surface area (Å²) < 4.78 is 44.1. The van der Waals surface area contributed by atoms with Crippen LogP contribution in [0.2, 0.25) is 0 Å². The molecule has 1 heterocycles. The number of morpholine rings is 1. The molecule has 174 valence electrons. The van der Waals surface area contributed by atoms with Gasteiger partial charge in [-0.25, -0.2) is 0 Å². The van der Waals surface area contributed by atoms with Crippen molar-refractivity contribution < 1.29 is 27.6 Å². The number of rotatable bonds is 8. The standard InChI is InChI=1S/C20H29F3N4O4/c1-13-10-26(11-14(2)31-13)19(3,4)12-25-18(28)7-8-24-16-6-5-15(20(21,22)23)9-17(16)27(29)30/h5-6,9,13-14,24H,7-8,10-12H2,1-4H3,(H,25,28)/t13-,14-/m1/s1. The van der Waals surface area contributed by atoms with Gasteiger partial charge < -0.3 is 15.4 Å². The van der Waals surface area contributed by atoms with Gasteiger partial charge in [0.15, 0.2) is 0 Å². The zero-order valence-corrected chi connectivity index (χ0v) is 18.1. The van der Waals surface area contributed by atoms with Gasteiger partial charge in [-0.2, -0.15) is 13.2 Å². The molecule has 31 heavy (non-hydrogen) atoms. The van der Waals surface area contributed by atoms with Crippen LogP contribution >= 0.6 is 0 Å². The average molecular weight is 446 g/mol. The Balaban J connectivity index is 1.87. The number of amides is 1. The molecule has 0 unspecified atom stereocenters. The number of alkyl halides is 3. The number of nitro groups is 1. The number of hydrogen-bond acceptors (Lipinski definition) is 6. The second-order valence-corrected chi connectivity index (χ2v) is 8.42. The summed E-state index contributed by atoms with van der Waals surface area (Å²) in [6.45, 7) is 10.0. The molecule has 0 saturated carbocycles. The zero-order valence-electron chi connectivity index (χ0n) is 18.1. The molecule has 1 saturated heterocycles. The summed E-state index contributed by atoms with van der Waals surface area (Å²) in [5.41, 5.74) is -2.15. The van der Waals surface area contributed by atoms with E-state index in [-0.39, 0.29) is 42.3 Å². The Morgan fingerprint density at radius 2 is 1.87 bits per heavy atom. The van der Waals surface area contributed by atoms with Crippen LogP contribution in [-0.4, -0.2) is 59.7 Å². The number of ether oxygens (including phenoxy) is 1. The normalized spacial score (nSPS) is 20.4. The van der Waals surface area contributed by atoms with Gasteiger partial charge in [0.1, 0.15) is 5.69 Å². The van der Waals surface area contributed by atoms with E-state index in [4.69, 9.17) is 4.74 Å². The fraction of sp³-hybridized carbons (Fsp3) is 0.650. The number of carbonyl (C=O) groups is 1. The number of anilines is 1. The minimum atomic E-state index is -4.67. The summed E-state index contributed by atoms with van der Waals surface area (Å²) in [4.78, 5) is 24.7. The van der Waals surface area contributed by atoms with Crippen molar-refractivity contribution in [1.82, 2.24) is 10.2 Å². The number of nitro benzene ring substituents is 1. The van der Waals surface area contributed by atoms with Gasteiger partial charge in [0, 0.05) is 44.2 Å². The smallest absolute Gasteiger partial charge is 0.379 e. The zero-order chi connectivity index (χ0) is 23.4. The third-order valence-electron chi connectivity index (χ3n) is 5.18. The maximum atomic E-state index is 12.8. The van der Waals surface area contributed by atoms with E-state index in [9.17, 15) is 28.1 Å². The molecule has 1 aromatic carbocycles. The highest BCUT2D eigenvalue weighted by Gasteiger charge is 2.34. The van der Waals surface area contributed by atoms with E-state index in [1.54, 1.807) is 0 Å². The molecule has 0 aromatic heterocycles. The molecule has 2 N–H and O–H groups in total. The highest BCUT2D eigenvalue weighted by atomic mass is 19.4. The van der Waals surface area contributed by atoms with Crippen LogP contribution in [0.3, 0.4) is 0 Å². The van der Waals surface area contributed by atoms with Gasteiger partial charge >= 0.3 is 6.18 Å². The Morgan fingerprint density at radius 3 is 2.42 bits per heavy atom. The first kappa shape index (κ1) is 24.9. The van der Waals surface area contributed by atoms with Gasteiger partial charge in [0.05, 0.1) is 22.7 Å². The van der Waals surface area contributed by atoms with Gasteiger partial charge in [-0.1, -0.05) is 0 Å². The fourth-order valence-corrected chi connectivity index (χ4v) is 3.51. The molecule has 2 rings (SSSR count). The minimum absolute atomic E-state index is 0.0180.